The molecule has 1 saturated heterocycles. The molecule has 3 aromatic rings. The molecule has 0 spiro atoms. The van der Waals surface area contributed by atoms with Crippen LogP contribution in [-0.2, 0) is 30.9 Å². The summed E-state index contributed by atoms with van der Waals surface area (Å²) in [7, 11) is 0.710. The van der Waals surface area contributed by atoms with Gasteiger partial charge in [0.15, 0.2) is 4.80 Å². The number of amides is 1. The molecular weight excluding hydrogens is 506 g/mol. The number of sulfonamides is 1. The lowest BCUT2D eigenvalue weighted by Gasteiger charge is -2.29. The Labute approximate surface area is 212 Å². The molecule has 12 heteroatoms. The molecule has 1 fully saturated rings. The topological polar surface area (TPSA) is 116 Å². The van der Waals surface area contributed by atoms with Crippen LogP contribution in [0.3, 0.4) is 0 Å². The third kappa shape index (κ3) is 5.30. The van der Waals surface area contributed by atoms with Gasteiger partial charge in [0, 0.05) is 19.0 Å². The number of rotatable bonds is 7. The second kappa shape index (κ2) is 10.8. The summed E-state index contributed by atoms with van der Waals surface area (Å²) in [5.74, 6) is 0.00464. The maximum Gasteiger partial charge on any atom is 0.325 e. The molecule has 2 aromatic carbocycles. The molecule has 0 saturated carbocycles. The van der Waals surface area contributed by atoms with Crippen molar-refractivity contribution in [1.82, 2.24) is 8.87 Å². The van der Waals surface area contributed by atoms with Crippen molar-refractivity contribution in [1.29, 1.82) is 0 Å². The van der Waals surface area contributed by atoms with E-state index in [0.717, 1.165) is 10.2 Å². The van der Waals surface area contributed by atoms with Gasteiger partial charge in [0.1, 0.15) is 18.0 Å². The lowest BCUT2D eigenvalue weighted by Crippen LogP contribution is -2.40. The number of hydrogen-bond acceptors (Lipinski definition) is 8. The summed E-state index contributed by atoms with van der Waals surface area (Å²) in [4.78, 5) is 30.0. The van der Waals surface area contributed by atoms with Gasteiger partial charge in [-0.15, -0.1) is 0 Å². The quantitative estimate of drug-likeness (QED) is 0.428. The van der Waals surface area contributed by atoms with Gasteiger partial charge in [-0.2, -0.15) is 9.30 Å². The van der Waals surface area contributed by atoms with Crippen LogP contribution in [0.5, 0.6) is 11.5 Å². The van der Waals surface area contributed by atoms with Crippen molar-refractivity contribution in [2.24, 2.45) is 10.9 Å². The van der Waals surface area contributed by atoms with Crippen molar-refractivity contribution < 1.29 is 32.2 Å². The summed E-state index contributed by atoms with van der Waals surface area (Å²) >= 11 is 1.27. The minimum atomic E-state index is -3.67. The first kappa shape index (κ1) is 25.9. The van der Waals surface area contributed by atoms with Gasteiger partial charge in [-0.05, 0) is 55.3 Å². The van der Waals surface area contributed by atoms with E-state index in [0.29, 0.717) is 29.1 Å². The number of ether oxygens (including phenoxy) is 3. The molecule has 36 heavy (non-hydrogen) atoms. The molecule has 1 aromatic heterocycles. The summed E-state index contributed by atoms with van der Waals surface area (Å²) in [5, 5.41) is 0. The molecule has 1 aliphatic heterocycles. The highest BCUT2D eigenvalue weighted by atomic mass is 32.2. The minimum absolute atomic E-state index is 0.0898. The Morgan fingerprint density at radius 1 is 1.00 bits per heavy atom. The first-order valence-electron chi connectivity index (χ1n) is 11.2. The normalized spacial score (nSPS) is 15.7. The molecule has 2 heterocycles. The third-order valence-corrected chi connectivity index (χ3v) is 9.07. The zero-order valence-corrected chi connectivity index (χ0v) is 21.8. The van der Waals surface area contributed by atoms with Gasteiger partial charge >= 0.3 is 5.97 Å². The number of benzene rings is 2. The summed E-state index contributed by atoms with van der Waals surface area (Å²) in [6.07, 6.45) is 0.709. The second-order valence-corrected chi connectivity index (χ2v) is 11.1. The SMILES string of the molecule is COC(=O)Cn1c(=NC(=O)C2CCN(S(=O)(=O)c3ccc(OC)cc3)CC2)sc2cc(OC)ccc21. The number of methoxy groups -OCH3 is 3. The van der Waals surface area contributed by atoms with Crippen LogP contribution >= 0.6 is 11.3 Å². The predicted octanol–water partition coefficient (Wildman–Crippen LogP) is 2.42. The first-order chi connectivity index (χ1) is 17.3. The molecule has 0 radical (unpaired) electrons. The fourth-order valence-electron chi connectivity index (χ4n) is 4.04. The molecule has 0 bridgehead atoms. The highest BCUT2D eigenvalue weighted by Gasteiger charge is 2.32. The molecule has 0 atom stereocenters. The first-order valence-corrected chi connectivity index (χ1v) is 13.5. The number of hydrogen-bond donors (Lipinski definition) is 0. The van der Waals surface area contributed by atoms with Gasteiger partial charge in [-0.25, -0.2) is 8.42 Å². The minimum Gasteiger partial charge on any atom is -0.497 e. The van der Waals surface area contributed by atoms with E-state index in [1.807, 2.05) is 6.07 Å². The van der Waals surface area contributed by atoms with Gasteiger partial charge in [-0.1, -0.05) is 11.3 Å². The lowest BCUT2D eigenvalue weighted by atomic mass is 9.98. The van der Waals surface area contributed by atoms with Crippen LogP contribution in [0.1, 0.15) is 12.8 Å². The summed E-state index contributed by atoms with van der Waals surface area (Å²) in [6, 6.07) is 11.6. The van der Waals surface area contributed by atoms with E-state index in [9.17, 15) is 18.0 Å². The second-order valence-electron chi connectivity index (χ2n) is 8.18. The highest BCUT2D eigenvalue weighted by molar-refractivity contribution is 7.89. The maximum absolute atomic E-state index is 13.1. The van der Waals surface area contributed by atoms with Crippen molar-refractivity contribution in [3.63, 3.8) is 0 Å². The largest absolute Gasteiger partial charge is 0.497 e. The molecule has 1 amide bonds. The van der Waals surface area contributed by atoms with Gasteiger partial charge < -0.3 is 18.8 Å². The van der Waals surface area contributed by atoms with E-state index in [1.165, 1.54) is 42.0 Å². The van der Waals surface area contributed by atoms with E-state index in [-0.39, 0.29) is 30.4 Å². The molecule has 1 aliphatic rings. The maximum atomic E-state index is 13.1. The van der Waals surface area contributed by atoms with Crippen molar-refractivity contribution in [2.75, 3.05) is 34.4 Å². The average Bonchev–Trinajstić information content (AvgIpc) is 3.24. The molecule has 10 nitrogen and oxygen atoms in total. The summed E-state index contributed by atoms with van der Waals surface area (Å²) in [6.45, 7) is 0.339. The zero-order valence-electron chi connectivity index (χ0n) is 20.2. The molecule has 192 valence electrons. The molecular formula is C24H27N3O7S2. The Morgan fingerprint density at radius 3 is 2.25 bits per heavy atom. The van der Waals surface area contributed by atoms with Crippen LogP contribution in [0.25, 0.3) is 10.2 Å². The fourth-order valence-corrected chi connectivity index (χ4v) is 6.57. The molecule has 0 unspecified atom stereocenters. The number of thiazole rings is 1. The highest BCUT2D eigenvalue weighted by Crippen LogP contribution is 2.27. The number of carbonyl (C=O) groups excluding carboxylic acids is 2. The number of piperidine rings is 1. The van der Waals surface area contributed by atoms with E-state index in [1.54, 1.807) is 35.9 Å². The van der Waals surface area contributed by atoms with Gasteiger partial charge in [0.2, 0.25) is 10.0 Å². The molecule has 0 aliphatic carbocycles. The van der Waals surface area contributed by atoms with Gasteiger partial charge in [-0.3, -0.25) is 9.59 Å². The Bertz CT molecular complexity index is 1430. The standard InChI is InChI=1S/C24H27N3O7S2/c1-32-17-4-7-19(8-5-17)36(30,31)26-12-10-16(11-13-26)23(29)25-24-27(15-22(28)34-3)20-9-6-18(33-2)14-21(20)35-24/h4-9,14,16H,10-13,15H2,1-3H3. The van der Waals surface area contributed by atoms with Crippen LogP contribution < -0.4 is 14.3 Å². The fraction of sp³-hybridized carbons (Fsp3) is 0.375. The Balaban J connectivity index is 1.54. The van der Waals surface area contributed by atoms with Crippen LogP contribution in [0, 0.1) is 5.92 Å². The van der Waals surface area contributed by atoms with Crippen molar-refractivity contribution in [3.05, 3.63) is 47.3 Å². The van der Waals surface area contributed by atoms with E-state index < -0.39 is 21.9 Å². The Hall–Kier alpha value is -3.22. The number of aromatic nitrogens is 1. The Morgan fingerprint density at radius 2 is 1.64 bits per heavy atom. The van der Waals surface area contributed by atoms with Crippen LogP contribution in [0.4, 0.5) is 0 Å². The number of nitrogens with zero attached hydrogens (tertiary/aromatic N) is 3. The summed E-state index contributed by atoms with van der Waals surface area (Å²) < 4.78 is 45.0. The van der Waals surface area contributed by atoms with Crippen molar-refractivity contribution in [2.45, 2.75) is 24.3 Å². The third-order valence-electron chi connectivity index (χ3n) is 6.11. The van der Waals surface area contributed by atoms with E-state index in [2.05, 4.69) is 4.99 Å². The van der Waals surface area contributed by atoms with Gasteiger partial charge in [0.25, 0.3) is 5.91 Å². The van der Waals surface area contributed by atoms with Crippen LogP contribution in [0.15, 0.2) is 52.4 Å². The van der Waals surface area contributed by atoms with E-state index in [4.69, 9.17) is 14.2 Å². The monoisotopic (exact) mass is 533 g/mol. The molecule has 0 N–H and O–H groups in total. The Kier molecular flexibility index (Phi) is 7.76. The van der Waals surface area contributed by atoms with E-state index >= 15 is 0 Å². The summed E-state index contributed by atoms with van der Waals surface area (Å²) in [5.41, 5.74) is 0.734. The number of fused-ring (bicyclic) bond motifs is 1. The smallest absolute Gasteiger partial charge is 0.325 e. The van der Waals surface area contributed by atoms with Crippen molar-refractivity contribution in [3.8, 4) is 11.5 Å². The average molecular weight is 534 g/mol. The number of carbonyl (C=O) groups is 2. The van der Waals surface area contributed by atoms with Crippen LogP contribution in [-0.4, -0.2) is 63.6 Å². The van der Waals surface area contributed by atoms with Crippen LogP contribution in [0.2, 0.25) is 0 Å². The lowest BCUT2D eigenvalue weighted by molar-refractivity contribution is -0.141. The molecule has 4 rings (SSSR count). The van der Waals surface area contributed by atoms with Gasteiger partial charge in [0.05, 0.1) is 36.4 Å². The number of esters is 1. The zero-order chi connectivity index (χ0) is 25.9. The predicted molar refractivity (Wildman–Crippen MR) is 133 cm³/mol. The van der Waals surface area contributed by atoms with Crippen molar-refractivity contribution >= 4 is 43.5 Å².